The number of nitrogens with one attached hydrogen (secondary N) is 1. The number of morpholine rings is 1. The van der Waals surface area contributed by atoms with Crippen LogP contribution >= 0.6 is 23.2 Å². The van der Waals surface area contributed by atoms with Crippen molar-refractivity contribution in [3.63, 3.8) is 0 Å². The van der Waals surface area contributed by atoms with Crippen molar-refractivity contribution in [3.05, 3.63) is 69.7 Å². The highest BCUT2D eigenvalue weighted by Gasteiger charge is 2.28. The van der Waals surface area contributed by atoms with E-state index in [1.165, 1.54) is 0 Å². The van der Waals surface area contributed by atoms with Crippen LogP contribution in [0.15, 0.2) is 48.5 Å². The number of ether oxygens (including phenoxy) is 1. The van der Waals surface area contributed by atoms with E-state index < -0.39 is 0 Å². The van der Waals surface area contributed by atoms with Crippen LogP contribution in [0.25, 0.3) is 0 Å². The van der Waals surface area contributed by atoms with Gasteiger partial charge < -0.3 is 10.1 Å². The first-order valence-corrected chi connectivity index (χ1v) is 9.42. The number of halogens is 2. The van der Waals surface area contributed by atoms with Crippen molar-refractivity contribution in [3.8, 4) is 0 Å². The largest absolute Gasteiger partial charge is 0.371 e. The zero-order chi connectivity index (χ0) is 18.5. The first kappa shape index (κ1) is 19.2. The van der Waals surface area contributed by atoms with E-state index in [1.54, 1.807) is 0 Å². The monoisotopic (exact) mass is 392 g/mol. The molecular weight excluding hydrogens is 371 g/mol. The molecule has 0 bridgehead atoms. The van der Waals surface area contributed by atoms with Gasteiger partial charge in [-0.25, -0.2) is 0 Å². The molecule has 6 heteroatoms. The second-order valence-corrected chi connectivity index (χ2v) is 7.30. The van der Waals surface area contributed by atoms with E-state index in [9.17, 15) is 4.79 Å². The summed E-state index contributed by atoms with van der Waals surface area (Å²) in [5.41, 5.74) is 2.10. The fourth-order valence-electron chi connectivity index (χ4n) is 3.00. The molecule has 2 aromatic rings. The predicted octanol–water partition coefficient (Wildman–Crippen LogP) is 4.07. The molecule has 1 N–H and O–H groups in total. The van der Waals surface area contributed by atoms with Crippen molar-refractivity contribution in [1.82, 2.24) is 10.2 Å². The molecule has 2 unspecified atom stereocenters. The number of carbonyl (C=O) groups is 1. The fraction of sp³-hybridized carbons (Fsp3) is 0.350. The van der Waals surface area contributed by atoms with Crippen LogP contribution in [0.3, 0.4) is 0 Å². The Balaban J connectivity index is 1.55. The molecule has 26 heavy (non-hydrogen) atoms. The number of benzene rings is 2. The van der Waals surface area contributed by atoms with Gasteiger partial charge in [-0.15, -0.1) is 0 Å². The number of hydrogen-bond donors (Lipinski definition) is 1. The van der Waals surface area contributed by atoms with Crippen LogP contribution in [0, 0.1) is 0 Å². The summed E-state index contributed by atoms with van der Waals surface area (Å²) in [5.74, 6) is 0.0108. The molecule has 0 aromatic heterocycles. The molecule has 1 aliphatic heterocycles. The topological polar surface area (TPSA) is 41.6 Å². The molecule has 0 aliphatic carbocycles. The van der Waals surface area contributed by atoms with Gasteiger partial charge in [0.15, 0.2) is 0 Å². The Bertz CT molecular complexity index is 734. The summed E-state index contributed by atoms with van der Waals surface area (Å²) in [7, 11) is 0. The van der Waals surface area contributed by atoms with Gasteiger partial charge in [0.2, 0.25) is 5.91 Å². The second kappa shape index (κ2) is 8.87. The maximum Gasteiger partial charge on any atom is 0.237 e. The lowest BCUT2D eigenvalue weighted by molar-refractivity contribution is -0.129. The minimum atomic E-state index is -0.221. The standard InChI is InChI=1S/C20H22Cl2N2O2/c1-14(20(25)23-12-15-2-6-17(21)7-3-15)24-10-11-26-19(13-24)16-4-8-18(22)9-5-16/h2-9,14,19H,10-13H2,1H3,(H,23,25). The van der Waals surface area contributed by atoms with E-state index in [-0.39, 0.29) is 18.1 Å². The molecule has 2 aromatic carbocycles. The van der Waals surface area contributed by atoms with Crippen molar-refractivity contribution < 1.29 is 9.53 Å². The third kappa shape index (κ3) is 4.98. The number of rotatable bonds is 5. The van der Waals surface area contributed by atoms with Gasteiger partial charge in [0.05, 0.1) is 18.8 Å². The van der Waals surface area contributed by atoms with E-state index in [4.69, 9.17) is 27.9 Å². The van der Waals surface area contributed by atoms with Crippen molar-refractivity contribution >= 4 is 29.1 Å². The molecule has 2 atom stereocenters. The molecule has 1 fully saturated rings. The minimum Gasteiger partial charge on any atom is -0.371 e. The quantitative estimate of drug-likeness (QED) is 0.833. The molecule has 1 amide bonds. The van der Waals surface area contributed by atoms with Gasteiger partial charge in [0.1, 0.15) is 0 Å². The van der Waals surface area contributed by atoms with Crippen molar-refractivity contribution in [2.45, 2.75) is 25.6 Å². The SMILES string of the molecule is CC(C(=O)NCc1ccc(Cl)cc1)N1CCOC(c2ccc(Cl)cc2)C1. The van der Waals surface area contributed by atoms with Crippen LogP contribution in [-0.4, -0.2) is 36.5 Å². The Morgan fingerprint density at radius 1 is 1.15 bits per heavy atom. The molecule has 138 valence electrons. The van der Waals surface area contributed by atoms with E-state index >= 15 is 0 Å². The van der Waals surface area contributed by atoms with Gasteiger partial charge in [0.25, 0.3) is 0 Å². The summed E-state index contributed by atoms with van der Waals surface area (Å²) >= 11 is 11.8. The molecule has 0 spiro atoms. The smallest absolute Gasteiger partial charge is 0.237 e. The average molecular weight is 393 g/mol. The van der Waals surface area contributed by atoms with Crippen LogP contribution in [0.1, 0.15) is 24.2 Å². The third-order valence-corrected chi connectivity index (χ3v) is 5.15. The van der Waals surface area contributed by atoms with Gasteiger partial charge in [-0.1, -0.05) is 47.5 Å². The number of nitrogens with zero attached hydrogens (tertiary/aromatic N) is 1. The highest BCUT2D eigenvalue weighted by atomic mass is 35.5. The molecule has 3 rings (SSSR count). The third-order valence-electron chi connectivity index (χ3n) is 4.65. The van der Waals surface area contributed by atoms with Crippen molar-refractivity contribution in [2.75, 3.05) is 19.7 Å². The van der Waals surface area contributed by atoms with E-state index in [0.717, 1.165) is 17.7 Å². The summed E-state index contributed by atoms with van der Waals surface area (Å²) in [6.45, 7) is 4.44. The van der Waals surface area contributed by atoms with Gasteiger partial charge >= 0.3 is 0 Å². The molecule has 1 saturated heterocycles. The zero-order valence-corrected chi connectivity index (χ0v) is 16.1. The van der Waals surface area contributed by atoms with E-state index in [0.29, 0.717) is 29.7 Å². The Hall–Kier alpha value is -1.59. The summed E-state index contributed by atoms with van der Waals surface area (Å²) in [5, 5.41) is 4.39. The minimum absolute atomic E-state index is 0.0108. The highest BCUT2D eigenvalue weighted by molar-refractivity contribution is 6.30. The number of hydrogen-bond acceptors (Lipinski definition) is 3. The summed E-state index contributed by atoms with van der Waals surface area (Å²) < 4.78 is 5.88. The normalized spacial score (nSPS) is 19.1. The summed E-state index contributed by atoms with van der Waals surface area (Å²) in [6.07, 6.45) is -0.0486. The molecule has 1 heterocycles. The van der Waals surface area contributed by atoms with Crippen molar-refractivity contribution in [2.24, 2.45) is 0 Å². The molecule has 4 nitrogen and oxygen atoms in total. The first-order valence-electron chi connectivity index (χ1n) is 8.66. The number of carbonyl (C=O) groups excluding carboxylic acids is 1. The van der Waals surface area contributed by atoms with Crippen LogP contribution in [0.2, 0.25) is 10.0 Å². The zero-order valence-electron chi connectivity index (χ0n) is 14.6. The fourth-order valence-corrected chi connectivity index (χ4v) is 3.26. The maximum atomic E-state index is 12.5. The molecular formula is C20H22Cl2N2O2. The Morgan fingerprint density at radius 2 is 1.77 bits per heavy atom. The average Bonchev–Trinajstić information content (AvgIpc) is 2.67. The van der Waals surface area contributed by atoms with Crippen molar-refractivity contribution in [1.29, 1.82) is 0 Å². The Labute approximate surface area is 164 Å². The van der Waals surface area contributed by atoms with Gasteiger partial charge in [0, 0.05) is 29.7 Å². The summed E-state index contributed by atoms with van der Waals surface area (Å²) in [4.78, 5) is 14.7. The highest BCUT2D eigenvalue weighted by Crippen LogP contribution is 2.24. The van der Waals surface area contributed by atoms with E-state index in [2.05, 4.69) is 10.2 Å². The van der Waals surface area contributed by atoms with Gasteiger partial charge in [-0.2, -0.15) is 0 Å². The lowest BCUT2D eigenvalue weighted by Gasteiger charge is -2.36. The van der Waals surface area contributed by atoms with Crippen LogP contribution in [0.4, 0.5) is 0 Å². The second-order valence-electron chi connectivity index (χ2n) is 6.43. The van der Waals surface area contributed by atoms with Crippen LogP contribution in [-0.2, 0) is 16.1 Å². The lowest BCUT2D eigenvalue weighted by atomic mass is 10.1. The number of amides is 1. The van der Waals surface area contributed by atoms with Crippen LogP contribution < -0.4 is 5.32 Å². The first-order chi connectivity index (χ1) is 12.5. The van der Waals surface area contributed by atoms with Gasteiger partial charge in [-0.05, 0) is 42.3 Å². The predicted molar refractivity (Wildman–Crippen MR) is 104 cm³/mol. The molecule has 1 aliphatic rings. The van der Waals surface area contributed by atoms with E-state index in [1.807, 2.05) is 55.5 Å². The molecule has 0 saturated carbocycles. The molecule has 0 radical (unpaired) electrons. The summed E-state index contributed by atoms with van der Waals surface area (Å²) in [6, 6.07) is 14.9. The Kier molecular flexibility index (Phi) is 6.54. The Morgan fingerprint density at radius 3 is 2.42 bits per heavy atom. The maximum absolute atomic E-state index is 12.5. The van der Waals surface area contributed by atoms with Gasteiger partial charge in [-0.3, -0.25) is 9.69 Å². The van der Waals surface area contributed by atoms with Crippen LogP contribution in [0.5, 0.6) is 0 Å². The lowest BCUT2D eigenvalue weighted by Crippen LogP contribution is -2.50.